The van der Waals surface area contributed by atoms with Gasteiger partial charge >= 0.3 is 0 Å². The second kappa shape index (κ2) is 8.46. The summed E-state index contributed by atoms with van der Waals surface area (Å²) in [4.78, 5) is 25.5. The summed E-state index contributed by atoms with van der Waals surface area (Å²) < 4.78 is 1.97. The number of hydrogen-bond donors (Lipinski definition) is 3. The number of rotatable bonds is 7. The van der Waals surface area contributed by atoms with Gasteiger partial charge in [0.15, 0.2) is 0 Å². The molecule has 2 aromatic rings. The fraction of sp³-hybridized carbons (Fsp3) is 0.500. The third kappa shape index (κ3) is 4.70. The average Bonchev–Trinajstić information content (AvgIpc) is 3.27. The zero-order valence-electron chi connectivity index (χ0n) is 15.1. The lowest BCUT2D eigenvalue weighted by atomic mass is 10.0. The van der Waals surface area contributed by atoms with E-state index in [1.165, 1.54) is 11.3 Å². The van der Waals surface area contributed by atoms with Crippen molar-refractivity contribution in [2.75, 3.05) is 6.54 Å². The molecule has 0 aliphatic carbocycles. The van der Waals surface area contributed by atoms with Crippen molar-refractivity contribution in [3.05, 3.63) is 39.8 Å². The standard InChI is InChI=1S/C18H25N5O2S/c1-12(2)8-15(21-18(25)16-4-3-7-26-16)17(24)20-10-13-9-14-11-19-5-6-23(14)22-13/h3-4,7,9,12,15,19H,5-6,8,10-11H2,1-2H3,(H,20,24)(H,21,25). The van der Waals surface area contributed by atoms with Gasteiger partial charge in [-0.25, -0.2) is 0 Å². The van der Waals surface area contributed by atoms with Gasteiger partial charge < -0.3 is 16.0 Å². The van der Waals surface area contributed by atoms with Crippen LogP contribution in [0.3, 0.4) is 0 Å². The number of nitrogens with zero attached hydrogens (tertiary/aromatic N) is 2. The van der Waals surface area contributed by atoms with Crippen LogP contribution >= 0.6 is 11.3 Å². The molecule has 1 aliphatic rings. The van der Waals surface area contributed by atoms with Crippen LogP contribution in [0.25, 0.3) is 0 Å². The summed E-state index contributed by atoms with van der Waals surface area (Å²) >= 11 is 1.37. The summed E-state index contributed by atoms with van der Waals surface area (Å²) in [6, 6.07) is 5.04. The Morgan fingerprint density at radius 1 is 1.42 bits per heavy atom. The Morgan fingerprint density at radius 2 is 2.27 bits per heavy atom. The van der Waals surface area contributed by atoms with Crippen LogP contribution in [0, 0.1) is 5.92 Å². The number of amides is 2. The molecule has 0 saturated heterocycles. The Bertz CT molecular complexity index is 730. The number of carbonyl (C=O) groups is 2. The molecule has 3 heterocycles. The molecule has 3 rings (SSSR count). The van der Waals surface area contributed by atoms with Crippen LogP contribution in [0.5, 0.6) is 0 Å². The highest BCUT2D eigenvalue weighted by Crippen LogP contribution is 2.12. The third-order valence-electron chi connectivity index (χ3n) is 4.24. The normalized spacial score (nSPS) is 14.7. The fourth-order valence-electron chi connectivity index (χ4n) is 2.98. The molecule has 2 aromatic heterocycles. The van der Waals surface area contributed by atoms with E-state index in [2.05, 4.69) is 21.0 Å². The number of fused-ring (bicyclic) bond motifs is 1. The maximum atomic E-state index is 12.6. The van der Waals surface area contributed by atoms with E-state index in [4.69, 9.17) is 0 Å². The first kappa shape index (κ1) is 18.6. The lowest BCUT2D eigenvalue weighted by Gasteiger charge is -2.19. The summed E-state index contributed by atoms with van der Waals surface area (Å²) in [5, 5.41) is 15.4. The third-order valence-corrected chi connectivity index (χ3v) is 5.11. The molecule has 0 radical (unpaired) electrons. The molecule has 0 bridgehead atoms. The molecule has 1 unspecified atom stereocenters. The molecule has 7 nitrogen and oxygen atoms in total. The van der Waals surface area contributed by atoms with E-state index in [-0.39, 0.29) is 11.8 Å². The highest BCUT2D eigenvalue weighted by atomic mass is 32.1. The molecule has 1 aliphatic heterocycles. The van der Waals surface area contributed by atoms with Gasteiger partial charge in [0, 0.05) is 13.1 Å². The summed E-state index contributed by atoms with van der Waals surface area (Å²) in [6.45, 7) is 6.99. The van der Waals surface area contributed by atoms with Gasteiger partial charge in [0.2, 0.25) is 5.91 Å². The predicted molar refractivity (Wildman–Crippen MR) is 101 cm³/mol. The van der Waals surface area contributed by atoms with Crippen molar-refractivity contribution in [1.82, 2.24) is 25.7 Å². The first-order chi connectivity index (χ1) is 12.5. The lowest BCUT2D eigenvalue weighted by Crippen LogP contribution is -2.47. The average molecular weight is 375 g/mol. The van der Waals surface area contributed by atoms with Crippen molar-refractivity contribution in [3.8, 4) is 0 Å². The van der Waals surface area contributed by atoms with Gasteiger partial charge in [-0.05, 0) is 29.9 Å². The molecule has 0 fully saturated rings. The second-order valence-corrected chi connectivity index (χ2v) is 7.83. The molecule has 2 amide bonds. The molecular weight excluding hydrogens is 350 g/mol. The Balaban J connectivity index is 1.59. The van der Waals surface area contributed by atoms with Crippen LogP contribution < -0.4 is 16.0 Å². The molecule has 0 aromatic carbocycles. The molecular formula is C18H25N5O2S. The van der Waals surface area contributed by atoms with E-state index in [9.17, 15) is 9.59 Å². The van der Waals surface area contributed by atoms with Crippen molar-refractivity contribution in [3.63, 3.8) is 0 Å². The number of aromatic nitrogens is 2. The fourth-order valence-corrected chi connectivity index (χ4v) is 3.61. The largest absolute Gasteiger partial charge is 0.349 e. The topological polar surface area (TPSA) is 88.1 Å². The second-order valence-electron chi connectivity index (χ2n) is 6.88. The van der Waals surface area contributed by atoms with Gasteiger partial charge in [0.25, 0.3) is 5.91 Å². The minimum atomic E-state index is -0.552. The molecule has 0 spiro atoms. The van der Waals surface area contributed by atoms with E-state index in [0.29, 0.717) is 23.8 Å². The quantitative estimate of drug-likeness (QED) is 0.684. The first-order valence-corrected chi connectivity index (χ1v) is 9.79. The Labute approximate surface area is 157 Å². The highest BCUT2D eigenvalue weighted by Gasteiger charge is 2.23. The minimum Gasteiger partial charge on any atom is -0.349 e. The van der Waals surface area contributed by atoms with Gasteiger partial charge in [0.1, 0.15) is 6.04 Å². The minimum absolute atomic E-state index is 0.173. The molecule has 3 N–H and O–H groups in total. The van der Waals surface area contributed by atoms with Gasteiger partial charge in [-0.2, -0.15) is 5.10 Å². The summed E-state index contributed by atoms with van der Waals surface area (Å²) in [7, 11) is 0. The smallest absolute Gasteiger partial charge is 0.261 e. The Morgan fingerprint density at radius 3 is 2.96 bits per heavy atom. The molecule has 0 saturated carbocycles. The van der Waals surface area contributed by atoms with Crippen molar-refractivity contribution in [2.45, 2.75) is 45.9 Å². The summed E-state index contributed by atoms with van der Waals surface area (Å²) in [5.41, 5.74) is 1.97. The zero-order chi connectivity index (χ0) is 18.5. The van der Waals surface area contributed by atoms with Crippen LogP contribution in [-0.4, -0.2) is 34.2 Å². The molecule has 8 heteroatoms. The maximum absolute atomic E-state index is 12.6. The lowest BCUT2D eigenvalue weighted by molar-refractivity contribution is -0.123. The monoisotopic (exact) mass is 375 g/mol. The number of carbonyl (C=O) groups excluding carboxylic acids is 2. The van der Waals surface area contributed by atoms with Crippen molar-refractivity contribution >= 4 is 23.2 Å². The SMILES string of the molecule is CC(C)CC(NC(=O)c1cccs1)C(=O)NCc1cc2n(n1)CCNC2. The van der Waals surface area contributed by atoms with Crippen molar-refractivity contribution < 1.29 is 9.59 Å². The Hall–Kier alpha value is -2.19. The van der Waals surface area contributed by atoms with E-state index >= 15 is 0 Å². The van der Waals surface area contributed by atoms with E-state index in [0.717, 1.165) is 31.0 Å². The van der Waals surface area contributed by atoms with E-state index in [1.54, 1.807) is 6.07 Å². The van der Waals surface area contributed by atoms with Gasteiger partial charge in [-0.3, -0.25) is 14.3 Å². The molecule has 26 heavy (non-hydrogen) atoms. The van der Waals surface area contributed by atoms with E-state index in [1.807, 2.05) is 36.0 Å². The Kier molecular flexibility index (Phi) is 6.05. The number of nitrogens with one attached hydrogen (secondary N) is 3. The maximum Gasteiger partial charge on any atom is 0.261 e. The van der Waals surface area contributed by atoms with Crippen LogP contribution in [0.4, 0.5) is 0 Å². The van der Waals surface area contributed by atoms with Gasteiger partial charge in [-0.1, -0.05) is 19.9 Å². The van der Waals surface area contributed by atoms with Crippen molar-refractivity contribution in [2.24, 2.45) is 5.92 Å². The van der Waals surface area contributed by atoms with Crippen molar-refractivity contribution in [1.29, 1.82) is 0 Å². The van der Waals surface area contributed by atoms with Crippen LogP contribution in [-0.2, 0) is 24.4 Å². The van der Waals surface area contributed by atoms with Gasteiger partial charge in [0.05, 0.1) is 29.4 Å². The highest BCUT2D eigenvalue weighted by molar-refractivity contribution is 7.12. The van der Waals surface area contributed by atoms with Crippen LogP contribution in [0.1, 0.15) is 41.3 Å². The predicted octanol–water partition coefficient (Wildman–Crippen LogP) is 1.51. The summed E-state index contributed by atoms with van der Waals surface area (Å²) in [6.07, 6.45) is 0.590. The number of hydrogen-bond acceptors (Lipinski definition) is 5. The molecule has 140 valence electrons. The first-order valence-electron chi connectivity index (χ1n) is 8.91. The van der Waals surface area contributed by atoms with E-state index < -0.39 is 6.04 Å². The number of thiophene rings is 1. The van der Waals surface area contributed by atoms with Crippen LogP contribution in [0.2, 0.25) is 0 Å². The molecule has 1 atom stereocenters. The van der Waals surface area contributed by atoms with Gasteiger partial charge in [-0.15, -0.1) is 11.3 Å². The summed E-state index contributed by atoms with van der Waals surface area (Å²) in [5.74, 6) is -0.0857. The van der Waals surface area contributed by atoms with Crippen LogP contribution in [0.15, 0.2) is 23.6 Å². The zero-order valence-corrected chi connectivity index (χ0v) is 15.9.